The number of hydrogen-bond acceptors (Lipinski definition) is 3. The predicted octanol–water partition coefficient (Wildman–Crippen LogP) is -0.808. The highest BCUT2D eigenvalue weighted by Gasteiger charge is 2.13. The number of guanidine groups is 1. The van der Waals surface area contributed by atoms with E-state index in [4.69, 9.17) is 5.73 Å². The van der Waals surface area contributed by atoms with Gasteiger partial charge in [0.15, 0.2) is 5.96 Å². The lowest BCUT2D eigenvalue weighted by atomic mass is 10.4. The first-order valence-electron chi connectivity index (χ1n) is 4.84. The van der Waals surface area contributed by atoms with E-state index in [1.165, 1.54) is 4.31 Å². The lowest BCUT2D eigenvalue weighted by molar-refractivity contribution is 0.461. The van der Waals surface area contributed by atoms with E-state index < -0.39 is 10.0 Å². The molecule has 0 aromatic rings. The molecule has 0 aliphatic carbocycles. The minimum absolute atomic E-state index is 0.134. The lowest BCUT2D eigenvalue weighted by Gasteiger charge is -2.15. The van der Waals surface area contributed by atoms with Gasteiger partial charge in [-0.2, -0.15) is 0 Å². The molecule has 90 valence electrons. The number of hydrogen-bond donors (Lipinski definition) is 2. The highest BCUT2D eigenvalue weighted by Crippen LogP contribution is 1.97. The van der Waals surface area contributed by atoms with Crippen molar-refractivity contribution in [2.45, 2.75) is 13.3 Å². The first kappa shape index (κ1) is 14.2. The van der Waals surface area contributed by atoms with Gasteiger partial charge in [0, 0.05) is 27.2 Å². The standard InChI is InChI=1S/C8H20N4O2S/c1-4-15(13,14)12(3)7-5-6-11-8(9)10-2/h4-7H2,1-3H3,(H3,9,10,11). The summed E-state index contributed by atoms with van der Waals surface area (Å²) in [6.45, 7) is 2.73. The first-order chi connectivity index (χ1) is 6.94. The minimum Gasteiger partial charge on any atom is -0.370 e. The Bertz CT molecular complexity index is 300. The van der Waals surface area contributed by atoms with Crippen LogP contribution in [0.4, 0.5) is 0 Å². The van der Waals surface area contributed by atoms with E-state index >= 15 is 0 Å². The molecule has 0 aromatic heterocycles. The Morgan fingerprint density at radius 2 is 2.13 bits per heavy atom. The number of sulfonamides is 1. The summed E-state index contributed by atoms with van der Waals surface area (Å²) in [5.74, 6) is 0.506. The van der Waals surface area contributed by atoms with Crippen LogP contribution in [0.2, 0.25) is 0 Å². The average molecular weight is 236 g/mol. The van der Waals surface area contributed by atoms with Crippen LogP contribution in [0.3, 0.4) is 0 Å². The van der Waals surface area contributed by atoms with Gasteiger partial charge in [0.05, 0.1) is 5.75 Å². The van der Waals surface area contributed by atoms with Gasteiger partial charge >= 0.3 is 0 Å². The predicted molar refractivity (Wildman–Crippen MR) is 62.3 cm³/mol. The van der Waals surface area contributed by atoms with E-state index in [1.54, 1.807) is 21.0 Å². The van der Waals surface area contributed by atoms with Gasteiger partial charge in [0.25, 0.3) is 0 Å². The van der Waals surface area contributed by atoms with Crippen molar-refractivity contribution < 1.29 is 8.42 Å². The van der Waals surface area contributed by atoms with Gasteiger partial charge in [-0.15, -0.1) is 0 Å². The molecular weight excluding hydrogens is 216 g/mol. The Labute approximate surface area is 91.6 Å². The normalized spacial score (nSPS) is 13.2. The second-order valence-corrected chi connectivity index (χ2v) is 5.48. The van der Waals surface area contributed by atoms with E-state index in [0.717, 1.165) is 0 Å². The minimum atomic E-state index is -3.06. The van der Waals surface area contributed by atoms with Crippen molar-refractivity contribution in [1.29, 1.82) is 0 Å². The van der Waals surface area contributed by atoms with Crippen LogP contribution >= 0.6 is 0 Å². The molecule has 0 heterocycles. The molecule has 3 N–H and O–H groups in total. The molecule has 0 aliphatic rings. The Hall–Kier alpha value is -0.820. The summed E-state index contributed by atoms with van der Waals surface area (Å²) in [5.41, 5.74) is 5.41. The number of nitrogens with one attached hydrogen (secondary N) is 1. The Balaban J connectivity index is 3.79. The van der Waals surface area contributed by atoms with Gasteiger partial charge in [-0.1, -0.05) is 0 Å². The van der Waals surface area contributed by atoms with Crippen LogP contribution in [0.1, 0.15) is 13.3 Å². The monoisotopic (exact) mass is 236 g/mol. The third-order valence-corrected chi connectivity index (χ3v) is 3.90. The summed E-state index contributed by atoms with van der Waals surface area (Å²) in [4.78, 5) is 3.72. The van der Waals surface area contributed by atoms with Gasteiger partial charge in [-0.25, -0.2) is 12.7 Å². The molecule has 7 heteroatoms. The summed E-state index contributed by atoms with van der Waals surface area (Å²) in [6.07, 6.45) is 0.700. The Morgan fingerprint density at radius 3 is 2.60 bits per heavy atom. The molecule has 0 radical (unpaired) electrons. The van der Waals surface area contributed by atoms with Crippen molar-refractivity contribution in [2.24, 2.45) is 10.7 Å². The van der Waals surface area contributed by atoms with Crippen LogP contribution in [0.25, 0.3) is 0 Å². The van der Waals surface area contributed by atoms with Crippen LogP contribution in [-0.2, 0) is 10.0 Å². The molecule has 0 spiro atoms. The summed E-state index contributed by atoms with van der Waals surface area (Å²) < 4.78 is 24.0. The van der Waals surface area contributed by atoms with E-state index in [0.29, 0.717) is 25.5 Å². The van der Waals surface area contributed by atoms with Crippen LogP contribution in [0.5, 0.6) is 0 Å². The zero-order valence-corrected chi connectivity index (χ0v) is 10.3. The third kappa shape index (κ3) is 5.58. The van der Waals surface area contributed by atoms with Crippen LogP contribution in [-0.4, -0.2) is 51.6 Å². The molecule has 0 bridgehead atoms. The van der Waals surface area contributed by atoms with E-state index in [1.807, 2.05) is 0 Å². The maximum Gasteiger partial charge on any atom is 0.213 e. The number of rotatable bonds is 6. The van der Waals surface area contributed by atoms with Crippen LogP contribution < -0.4 is 11.1 Å². The second kappa shape index (κ2) is 6.62. The van der Waals surface area contributed by atoms with Crippen molar-refractivity contribution in [1.82, 2.24) is 9.62 Å². The number of aliphatic imine (C=N–C) groups is 1. The van der Waals surface area contributed by atoms with Crippen molar-refractivity contribution in [3.63, 3.8) is 0 Å². The van der Waals surface area contributed by atoms with E-state index in [2.05, 4.69) is 10.3 Å². The molecule has 0 unspecified atom stereocenters. The van der Waals surface area contributed by atoms with Gasteiger partial charge in [0.1, 0.15) is 0 Å². The molecule has 15 heavy (non-hydrogen) atoms. The average Bonchev–Trinajstić information content (AvgIpc) is 2.23. The second-order valence-electron chi connectivity index (χ2n) is 3.11. The lowest BCUT2D eigenvalue weighted by Crippen LogP contribution is -2.35. The van der Waals surface area contributed by atoms with Crippen molar-refractivity contribution in [3.8, 4) is 0 Å². The highest BCUT2D eigenvalue weighted by molar-refractivity contribution is 7.89. The van der Waals surface area contributed by atoms with Crippen LogP contribution in [0.15, 0.2) is 4.99 Å². The maximum atomic E-state index is 11.3. The molecule has 0 rings (SSSR count). The molecule has 0 saturated carbocycles. The van der Waals surface area contributed by atoms with Crippen LogP contribution in [0, 0.1) is 0 Å². The van der Waals surface area contributed by atoms with Gasteiger partial charge in [-0.3, -0.25) is 4.99 Å². The molecule has 0 amide bonds. The van der Waals surface area contributed by atoms with Gasteiger partial charge in [-0.05, 0) is 13.3 Å². The van der Waals surface area contributed by atoms with Crippen molar-refractivity contribution in [2.75, 3.05) is 32.9 Å². The topological polar surface area (TPSA) is 87.8 Å². The fraction of sp³-hybridized carbons (Fsp3) is 0.875. The Kier molecular flexibility index (Phi) is 6.26. The van der Waals surface area contributed by atoms with E-state index in [-0.39, 0.29) is 5.75 Å². The smallest absolute Gasteiger partial charge is 0.213 e. The molecule has 0 aromatic carbocycles. The van der Waals surface area contributed by atoms with Crippen molar-refractivity contribution >= 4 is 16.0 Å². The molecule has 0 atom stereocenters. The molecule has 0 aliphatic heterocycles. The molecular formula is C8H20N4O2S. The largest absolute Gasteiger partial charge is 0.370 e. The van der Waals surface area contributed by atoms with Crippen molar-refractivity contribution in [3.05, 3.63) is 0 Å². The Morgan fingerprint density at radius 1 is 1.53 bits per heavy atom. The summed E-state index contributed by atoms with van der Waals surface area (Å²) in [7, 11) is 0.112. The first-order valence-corrected chi connectivity index (χ1v) is 6.45. The fourth-order valence-electron chi connectivity index (χ4n) is 0.957. The fourth-order valence-corrected chi connectivity index (χ4v) is 1.80. The number of nitrogens with two attached hydrogens (primary N) is 1. The molecule has 6 nitrogen and oxygen atoms in total. The zero-order valence-electron chi connectivity index (χ0n) is 9.52. The van der Waals surface area contributed by atoms with Gasteiger partial charge in [0.2, 0.25) is 10.0 Å². The SMILES string of the molecule is CCS(=O)(=O)N(C)CCCNC(N)=NC. The molecule has 0 fully saturated rings. The number of nitrogens with zero attached hydrogens (tertiary/aromatic N) is 2. The maximum absolute atomic E-state index is 11.3. The highest BCUT2D eigenvalue weighted by atomic mass is 32.2. The summed E-state index contributed by atoms with van der Waals surface area (Å²) in [5, 5.41) is 2.86. The summed E-state index contributed by atoms with van der Waals surface area (Å²) >= 11 is 0. The quantitative estimate of drug-likeness (QED) is 0.359. The zero-order chi connectivity index (χ0) is 11.9. The summed E-state index contributed by atoms with van der Waals surface area (Å²) in [6, 6.07) is 0. The molecule has 0 saturated heterocycles. The van der Waals surface area contributed by atoms with E-state index in [9.17, 15) is 8.42 Å². The third-order valence-electron chi connectivity index (χ3n) is 2.04. The van der Waals surface area contributed by atoms with Gasteiger partial charge < -0.3 is 11.1 Å².